The quantitative estimate of drug-likeness (QED) is 0.657. The van der Waals surface area contributed by atoms with E-state index in [-0.39, 0.29) is 26.4 Å². The molecule has 4 atom stereocenters. The molecule has 0 spiro atoms. The minimum absolute atomic E-state index is 0.0742. The van der Waals surface area contributed by atoms with E-state index in [0.717, 1.165) is 18.9 Å². The van der Waals surface area contributed by atoms with Gasteiger partial charge in [0.1, 0.15) is 9.79 Å². The lowest BCUT2D eigenvalue weighted by atomic mass is 9.91. The number of hydrogen-bond acceptors (Lipinski definition) is 5. The molecule has 4 rings (SSSR count). The Labute approximate surface area is 145 Å². The van der Waals surface area contributed by atoms with Crippen LogP contribution in [0.25, 0.3) is 0 Å². The summed E-state index contributed by atoms with van der Waals surface area (Å²) in [5.74, 6) is 0.927. The van der Waals surface area contributed by atoms with Crippen LogP contribution in [0.15, 0.2) is 34.1 Å². The third-order valence-electron chi connectivity index (χ3n) is 4.98. The topological polar surface area (TPSA) is 118 Å². The van der Waals surface area contributed by atoms with Crippen LogP contribution < -0.4 is 15.2 Å². The monoisotopic (exact) mass is 389 g/mol. The molecule has 1 aromatic rings. The molecule has 1 aliphatic heterocycles. The minimum Gasteiger partial charge on any atom is -0.368 e. The van der Waals surface area contributed by atoms with E-state index in [9.17, 15) is 16.8 Å². The number of rotatable bonds is 2. The van der Waals surface area contributed by atoms with Crippen LogP contribution in [0, 0.1) is 17.8 Å². The number of fused-ring (bicyclic) bond motifs is 3. The van der Waals surface area contributed by atoms with Crippen molar-refractivity contribution in [2.24, 2.45) is 22.9 Å². The number of benzene rings is 1. The number of nitrogens with two attached hydrogens (primary N) is 1. The average molecular weight is 390 g/mol. The second-order valence-corrected chi connectivity index (χ2v) is 10.1. The number of sulfonamides is 2. The van der Waals surface area contributed by atoms with Gasteiger partial charge in [-0.3, -0.25) is 0 Å². The zero-order valence-electron chi connectivity index (χ0n) is 12.4. The van der Waals surface area contributed by atoms with Crippen LogP contribution in [-0.2, 0) is 20.0 Å². The van der Waals surface area contributed by atoms with E-state index in [0.29, 0.717) is 11.8 Å². The molecule has 24 heavy (non-hydrogen) atoms. The molecular formula is C14H16ClN3O4S2. The second kappa shape index (κ2) is 5.18. The van der Waals surface area contributed by atoms with Crippen LogP contribution >= 0.6 is 11.6 Å². The van der Waals surface area contributed by atoms with Crippen molar-refractivity contribution in [2.45, 2.75) is 28.8 Å². The minimum atomic E-state index is -4.05. The van der Waals surface area contributed by atoms with Crippen LogP contribution in [0.5, 0.6) is 0 Å². The first-order valence-corrected chi connectivity index (χ1v) is 10.9. The summed E-state index contributed by atoms with van der Waals surface area (Å²) in [6.45, 7) is 0. The zero-order chi connectivity index (χ0) is 17.3. The van der Waals surface area contributed by atoms with Gasteiger partial charge < -0.3 is 5.32 Å². The van der Waals surface area contributed by atoms with E-state index in [1.165, 1.54) is 6.07 Å². The summed E-state index contributed by atoms with van der Waals surface area (Å²) < 4.78 is 51.0. The molecule has 1 heterocycles. The van der Waals surface area contributed by atoms with Crippen molar-refractivity contribution in [3.8, 4) is 0 Å². The lowest BCUT2D eigenvalue weighted by molar-refractivity contribution is 0.363. The van der Waals surface area contributed by atoms with Gasteiger partial charge in [0.2, 0.25) is 20.0 Å². The van der Waals surface area contributed by atoms with E-state index in [1.54, 1.807) is 0 Å². The summed E-state index contributed by atoms with van der Waals surface area (Å²) in [7, 11) is -7.83. The molecule has 1 fully saturated rings. The highest BCUT2D eigenvalue weighted by molar-refractivity contribution is 7.90. The van der Waals surface area contributed by atoms with Crippen LogP contribution in [0.2, 0.25) is 5.02 Å². The Morgan fingerprint density at radius 2 is 1.96 bits per heavy atom. The smallest absolute Gasteiger partial charge is 0.244 e. The molecular weight excluding hydrogens is 374 g/mol. The van der Waals surface area contributed by atoms with Crippen molar-refractivity contribution in [3.05, 3.63) is 29.3 Å². The first-order chi connectivity index (χ1) is 11.1. The first-order valence-electron chi connectivity index (χ1n) is 7.49. The van der Waals surface area contributed by atoms with Gasteiger partial charge in [0, 0.05) is 5.92 Å². The molecule has 1 saturated carbocycles. The van der Waals surface area contributed by atoms with E-state index in [1.807, 2.05) is 0 Å². The molecule has 4 N–H and O–H groups in total. The van der Waals surface area contributed by atoms with Gasteiger partial charge in [0.05, 0.1) is 16.9 Å². The van der Waals surface area contributed by atoms with Gasteiger partial charge in [-0.15, -0.1) is 0 Å². The number of primary sulfonamides is 1. The van der Waals surface area contributed by atoms with Gasteiger partial charge in [-0.2, -0.15) is 4.72 Å². The van der Waals surface area contributed by atoms with Gasteiger partial charge in [-0.1, -0.05) is 23.8 Å². The number of anilines is 1. The lowest BCUT2D eigenvalue weighted by Crippen LogP contribution is -2.50. The van der Waals surface area contributed by atoms with Gasteiger partial charge in [0.15, 0.2) is 0 Å². The summed E-state index contributed by atoms with van der Waals surface area (Å²) in [6.07, 6.45) is 5.73. The first kappa shape index (κ1) is 16.3. The highest BCUT2D eigenvalue weighted by Crippen LogP contribution is 2.46. The molecule has 3 aliphatic rings. The molecule has 4 unspecified atom stereocenters. The maximum atomic E-state index is 12.6. The van der Waals surface area contributed by atoms with Crippen molar-refractivity contribution in [2.75, 3.05) is 5.32 Å². The number of nitrogens with one attached hydrogen (secondary N) is 2. The molecule has 10 heteroatoms. The maximum Gasteiger partial charge on any atom is 0.244 e. The molecule has 2 bridgehead atoms. The number of allylic oxidation sites excluding steroid dienone is 2. The van der Waals surface area contributed by atoms with Gasteiger partial charge in [0.25, 0.3) is 0 Å². The van der Waals surface area contributed by atoms with Crippen LogP contribution in [-0.4, -0.2) is 23.0 Å². The van der Waals surface area contributed by atoms with E-state index < -0.39 is 26.2 Å². The lowest BCUT2D eigenvalue weighted by Gasteiger charge is -2.35. The molecule has 7 nitrogen and oxygen atoms in total. The van der Waals surface area contributed by atoms with Crippen molar-refractivity contribution in [1.82, 2.24) is 4.72 Å². The Kier molecular flexibility index (Phi) is 3.53. The second-order valence-electron chi connectivity index (χ2n) is 6.51. The Balaban J connectivity index is 1.77. The fourth-order valence-electron chi connectivity index (χ4n) is 3.92. The molecule has 0 saturated heterocycles. The van der Waals surface area contributed by atoms with Crippen LogP contribution in [0.1, 0.15) is 12.8 Å². The summed E-state index contributed by atoms with van der Waals surface area (Å²) in [5.41, 5.74) is 0.207. The van der Waals surface area contributed by atoms with E-state index >= 15 is 0 Å². The summed E-state index contributed by atoms with van der Waals surface area (Å²) in [4.78, 5) is -0.367. The van der Waals surface area contributed by atoms with Gasteiger partial charge >= 0.3 is 0 Å². The molecule has 130 valence electrons. The molecule has 0 radical (unpaired) electrons. The summed E-state index contributed by atoms with van der Waals surface area (Å²) in [5, 5.41) is 8.05. The van der Waals surface area contributed by atoms with Gasteiger partial charge in [-0.05, 0) is 36.8 Å². The molecule has 0 aromatic heterocycles. The average Bonchev–Trinajstić information content (AvgIpc) is 3.08. The Morgan fingerprint density at radius 1 is 1.21 bits per heavy atom. The SMILES string of the molecule is NS(=O)(=O)c1cc2c(cc1Cl)S(=O)(=O)NC(C1CC3C=CC1C3)N2. The Bertz CT molecular complexity index is 958. The normalized spacial score (nSPS) is 33.2. The van der Waals surface area contributed by atoms with Crippen molar-refractivity contribution >= 4 is 37.3 Å². The zero-order valence-corrected chi connectivity index (χ0v) is 14.8. The predicted octanol–water partition coefficient (Wildman–Crippen LogP) is 1.23. The highest BCUT2D eigenvalue weighted by atomic mass is 35.5. The standard InChI is InChI=1S/C14H16ClN3O4S2/c15-10-5-13-11(6-12(10)23(16,19)20)17-14(18-24(13,21)22)9-4-7-1-2-8(9)3-7/h1-2,5-9,14,17-18H,3-4H2,(H2,16,19,20). The largest absolute Gasteiger partial charge is 0.368 e. The summed E-state index contributed by atoms with van der Waals surface area (Å²) >= 11 is 5.90. The molecule has 1 aromatic carbocycles. The predicted molar refractivity (Wildman–Crippen MR) is 89.4 cm³/mol. The maximum absolute atomic E-state index is 12.6. The van der Waals surface area contributed by atoms with Gasteiger partial charge in [-0.25, -0.2) is 22.0 Å². The van der Waals surface area contributed by atoms with Crippen molar-refractivity contribution < 1.29 is 16.8 Å². The Hall–Kier alpha value is -1.13. The van der Waals surface area contributed by atoms with E-state index in [4.69, 9.17) is 16.7 Å². The van der Waals surface area contributed by atoms with Crippen molar-refractivity contribution in [1.29, 1.82) is 0 Å². The highest BCUT2D eigenvalue weighted by Gasteiger charge is 2.44. The fraction of sp³-hybridized carbons (Fsp3) is 0.429. The van der Waals surface area contributed by atoms with Crippen molar-refractivity contribution in [3.63, 3.8) is 0 Å². The summed E-state index contributed by atoms with van der Waals surface area (Å²) in [6, 6.07) is 2.31. The molecule has 2 aliphatic carbocycles. The third kappa shape index (κ3) is 2.55. The Morgan fingerprint density at radius 3 is 2.54 bits per heavy atom. The number of halogens is 1. The van der Waals surface area contributed by atoms with Crippen LogP contribution in [0.3, 0.4) is 0 Å². The number of hydrogen-bond donors (Lipinski definition) is 3. The van der Waals surface area contributed by atoms with E-state index in [2.05, 4.69) is 22.2 Å². The van der Waals surface area contributed by atoms with Crippen LogP contribution in [0.4, 0.5) is 5.69 Å². The molecule has 0 amide bonds. The fourth-order valence-corrected chi connectivity index (χ4v) is 6.46. The third-order valence-corrected chi connectivity index (χ3v) is 7.84.